The van der Waals surface area contributed by atoms with Crippen molar-refractivity contribution < 1.29 is 14.3 Å². The zero-order valence-electron chi connectivity index (χ0n) is 14.8. The molecule has 0 N–H and O–H groups in total. The van der Waals surface area contributed by atoms with Crippen molar-refractivity contribution >= 4 is 5.91 Å². The quantitative estimate of drug-likeness (QED) is 0.838. The first-order valence-corrected chi connectivity index (χ1v) is 8.74. The number of nitrogens with zero attached hydrogens (tertiary/aromatic N) is 2. The van der Waals surface area contributed by atoms with Crippen LogP contribution in [0.3, 0.4) is 0 Å². The number of hydrogen-bond donors (Lipinski definition) is 0. The predicted octanol–water partition coefficient (Wildman–Crippen LogP) is 3.32. The molecule has 5 heteroatoms. The number of hydrogen-bond acceptors (Lipinski definition) is 4. The van der Waals surface area contributed by atoms with Crippen LogP contribution in [-0.2, 0) is 9.47 Å². The number of morpholine rings is 1. The van der Waals surface area contributed by atoms with Gasteiger partial charge in [-0.25, -0.2) is 0 Å². The molecule has 0 bridgehead atoms. The van der Waals surface area contributed by atoms with Gasteiger partial charge in [-0.2, -0.15) is 0 Å². The Morgan fingerprint density at radius 1 is 1.20 bits per heavy atom. The molecule has 1 aliphatic heterocycles. The number of aromatic nitrogens is 1. The van der Waals surface area contributed by atoms with E-state index in [4.69, 9.17) is 9.47 Å². The van der Waals surface area contributed by atoms with E-state index >= 15 is 0 Å². The van der Waals surface area contributed by atoms with Crippen LogP contribution in [0.2, 0.25) is 0 Å². The average molecular weight is 340 g/mol. The largest absolute Gasteiger partial charge is 0.378 e. The van der Waals surface area contributed by atoms with E-state index in [1.54, 1.807) is 6.20 Å². The third-order valence-electron chi connectivity index (χ3n) is 4.40. The molecule has 1 atom stereocenters. The summed E-state index contributed by atoms with van der Waals surface area (Å²) in [5.74, 6) is 0.0169. The molecule has 25 heavy (non-hydrogen) atoms. The van der Waals surface area contributed by atoms with Gasteiger partial charge in [-0.05, 0) is 31.5 Å². The molecule has 1 saturated heterocycles. The summed E-state index contributed by atoms with van der Waals surface area (Å²) in [7, 11) is 0. The highest BCUT2D eigenvalue weighted by Crippen LogP contribution is 2.22. The summed E-state index contributed by atoms with van der Waals surface area (Å²) in [6.07, 6.45) is 1.74. The number of carbonyl (C=O) groups excluding carboxylic acids is 1. The van der Waals surface area contributed by atoms with Crippen LogP contribution in [0, 0.1) is 0 Å². The molecule has 1 aromatic carbocycles. The Hall–Kier alpha value is -2.24. The lowest BCUT2D eigenvalue weighted by molar-refractivity contribution is 0.0302. The second kappa shape index (κ2) is 8.23. The minimum absolute atomic E-state index is 0.0169. The first kappa shape index (κ1) is 17.6. The fourth-order valence-electron chi connectivity index (χ4n) is 2.91. The molecule has 3 rings (SSSR count). The highest BCUT2D eigenvalue weighted by atomic mass is 16.5. The first-order chi connectivity index (χ1) is 12.2. The van der Waals surface area contributed by atoms with E-state index in [0.717, 1.165) is 16.8 Å². The van der Waals surface area contributed by atoms with Crippen LogP contribution in [0.1, 0.15) is 35.9 Å². The monoisotopic (exact) mass is 340 g/mol. The van der Waals surface area contributed by atoms with Gasteiger partial charge in [0.15, 0.2) is 0 Å². The molecule has 5 nitrogen and oxygen atoms in total. The molecule has 132 valence electrons. The summed E-state index contributed by atoms with van der Waals surface area (Å²) in [6.45, 7) is 7.22. The molecule has 1 amide bonds. The molecule has 0 radical (unpaired) electrons. The van der Waals surface area contributed by atoms with E-state index in [1.807, 2.05) is 43.0 Å². The zero-order valence-corrected chi connectivity index (χ0v) is 14.8. The summed E-state index contributed by atoms with van der Waals surface area (Å²) in [4.78, 5) is 18.7. The smallest absolute Gasteiger partial charge is 0.255 e. The molecule has 2 aromatic rings. The average Bonchev–Trinajstić information content (AvgIpc) is 2.68. The molecule has 1 aliphatic rings. The Labute approximate surface area is 148 Å². The van der Waals surface area contributed by atoms with E-state index in [0.29, 0.717) is 38.5 Å². The maximum atomic E-state index is 12.4. The normalized spacial score (nSPS) is 15.8. The van der Waals surface area contributed by atoms with Gasteiger partial charge in [0.1, 0.15) is 0 Å². The van der Waals surface area contributed by atoms with Crippen molar-refractivity contribution in [2.45, 2.75) is 20.0 Å². The Bertz CT molecular complexity index is 692. The van der Waals surface area contributed by atoms with Gasteiger partial charge >= 0.3 is 0 Å². The lowest BCUT2D eigenvalue weighted by Gasteiger charge is -2.26. The second-order valence-electron chi connectivity index (χ2n) is 6.06. The molecule has 0 unspecified atom stereocenters. The summed E-state index contributed by atoms with van der Waals surface area (Å²) in [5, 5.41) is 0. The number of pyridine rings is 1. The van der Waals surface area contributed by atoms with Crippen LogP contribution < -0.4 is 0 Å². The predicted molar refractivity (Wildman–Crippen MR) is 96.4 cm³/mol. The highest BCUT2D eigenvalue weighted by molar-refractivity contribution is 5.94. The molecule has 0 aliphatic carbocycles. The van der Waals surface area contributed by atoms with Gasteiger partial charge in [0.2, 0.25) is 0 Å². The van der Waals surface area contributed by atoms with Gasteiger partial charge < -0.3 is 14.4 Å². The lowest BCUT2D eigenvalue weighted by atomic mass is 10.1. The molecular weight excluding hydrogens is 316 g/mol. The van der Waals surface area contributed by atoms with Crippen molar-refractivity contribution in [2.24, 2.45) is 0 Å². The number of amides is 1. The summed E-state index contributed by atoms with van der Waals surface area (Å²) in [5.41, 5.74) is 3.64. The highest BCUT2D eigenvalue weighted by Gasteiger charge is 2.18. The molecular formula is C20H24N2O3. The maximum absolute atomic E-state index is 12.4. The molecule has 1 aromatic heterocycles. The Morgan fingerprint density at radius 3 is 2.52 bits per heavy atom. The van der Waals surface area contributed by atoms with Gasteiger partial charge in [0, 0.05) is 31.5 Å². The number of benzene rings is 1. The standard InChI is InChI=1S/C20H24N2O3/c1-3-25-15(2)16-4-6-17(7-5-16)19-9-8-18(14-21-19)20(23)22-10-12-24-13-11-22/h4-9,14-15H,3,10-13H2,1-2H3/t15-/m1/s1. The Balaban J connectivity index is 1.70. The van der Waals surface area contributed by atoms with E-state index in [1.165, 1.54) is 0 Å². The van der Waals surface area contributed by atoms with Crippen LogP contribution in [0.25, 0.3) is 11.3 Å². The summed E-state index contributed by atoms with van der Waals surface area (Å²) in [6, 6.07) is 11.9. The van der Waals surface area contributed by atoms with Crippen molar-refractivity contribution in [3.05, 3.63) is 53.7 Å². The number of carbonyl (C=O) groups is 1. The third kappa shape index (κ3) is 4.24. The Morgan fingerprint density at radius 2 is 1.92 bits per heavy atom. The van der Waals surface area contributed by atoms with Crippen LogP contribution >= 0.6 is 0 Å². The molecule has 1 fully saturated rings. The molecule has 0 spiro atoms. The fourth-order valence-corrected chi connectivity index (χ4v) is 2.91. The van der Waals surface area contributed by atoms with E-state index < -0.39 is 0 Å². The lowest BCUT2D eigenvalue weighted by Crippen LogP contribution is -2.40. The third-order valence-corrected chi connectivity index (χ3v) is 4.40. The summed E-state index contributed by atoms with van der Waals surface area (Å²) >= 11 is 0. The minimum Gasteiger partial charge on any atom is -0.378 e. The van der Waals surface area contributed by atoms with Crippen molar-refractivity contribution in [2.75, 3.05) is 32.9 Å². The van der Waals surface area contributed by atoms with Crippen LogP contribution in [0.15, 0.2) is 42.6 Å². The maximum Gasteiger partial charge on any atom is 0.255 e. The van der Waals surface area contributed by atoms with Gasteiger partial charge in [0.25, 0.3) is 5.91 Å². The van der Waals surface area contributed by atoms with Crippen molar-refractivity contribution in [3.8, 4) is 11.3 Å². The minimum atomic E-state index is 0.0169. The van der Waals surface area contributed by atoms with Crippen molar-refractivity contribution in [1.29, 1.82) is 0 Å². The van der Waals surface area contributed by atoms with Crippen molar-refractivity contribution in [1.82, 2.24) is 9.88 Å². The fraction of sp³-hybridized carbons (Fsp3) is 0.400. The Kier molecular flexibility index (Phi) is 5.79. The topological polar surface area (TPSA) is 51.7 Å². The van der Waals surface area contributed by atoms with E-state index in [-0.39, 0.29) is 12.0 Å². The number of ether oxygens (including phenoxy) is 2. The van der Waals surface area contributed by atoms with Crippen LogP contribution in [0.4, 0.5) is 0 Å². The van der Waals surface area contributed by atoms with E-state index in [9.17, 15) is 4.79 Å². The van der Waals surface area contributed by atoms with Gasteiger partial charge in [-0.3, -0.25) is 9.78 Å². The van der Waals surface area contributed by atoms with Gasteiger partial charge in [0.05, 0.1) is 30.6 Å². The first-order valence-electron chi connectivity index (χ1n) is 8.74. The van der Waals surface area contributed by atoms with Crippen LogP contribution in [-0.4, -0.2) is 48.7 Å². The van der Waals surface area contributed by atoms with Gasteiger partial charge in [-0.1, -0.05) is 24.3 Å². The van der Waals surface area contributed by atoms with Crippen molar-refractivity contribution in [3.63, 3.8) is 0 Å². The summed E-state index contributed by atoms with van der Waals surface area (Å²) < 4.78 is 10.9. The zero-order chi connectivity index (χ0) is 17.6. The molecule has 2 heterocycles. The number of rotatable bonds is 5. The van der Waals surface area contributed by atoms with Crippen LogP contribution in [0.5, 0.6) is 0 Å². The second-order valence-corrected chi connectivity index (χ2v) is 6.06. The van der Waals surface area contributed by atoms with E-state index in [2.05, 4.69) is 17.1 Å². The molecule has 0 saturated carbocycles. The van der Waals surface area contributed by atoms with Gasteiger partial charge in [-0.15, -0.1) is 0 Å². The SMILES string of the molecule is CCO[C@H](C)c1ccc(-c2ccc(C(=O)N3CCOCC3)cn2)cc1.